The zero-order chi connectivity index (χ0) is 11.6. The van der Waals surface area contributed by atoms with Gasteiger partial charge in [-0.05, 0) is 26.6 Å². The molecule has 4 nitrogen and oxygen atoms in total. The van der Waals surface area contributed by atoms with E-state index < -0.39 is 0 Å². The van der Waals surface area contributed by atoms with Crippen LogP contribution in [0.25, 0.3) is 0 Å². The highest BCUT2D eigenvalue weighted by Gasteiger charge is 2.39. The summed E-state index contributed by atoms with van der Waals surface area (Å²) < 4.78 is 5.50. The maximum Gasteiger partial charge on any atom is 0.0624 e. The van der Waals surface area contributed by atoms with Gasteiger partial charge in [-0.3, -0.25) is 0 Å². The van der Waals surface area contributed by atoms with E-state index in [1.807, 2.05) is 0 Å². The Balaban J connectivity index is 1.88. The van der Waals surface area contributed by atoms with Crippen LogP contribution in [0.3, 0.4) is 0 Å². The molecule has 0 amide bonds. The summed E-state index contributed by atoms with van der Waals surface area (Å²) in [7, 11) is 2.20. The van der Waals surface area contributed by atoms with Crippen LogP contribution >= 0.6 is 0 Å². The summed E-state index contributed by atoms with van der Waals surface area (Å²) in [4.78, 5) is 4.96. The molecule has 0 radical (unpaired) electrons. The molecule has 4 heteroatoms. The third kappa shape index (κ3) is 2.74. The summed E-state index contributed by atoms with van der Waals surface area (Å²) in [6.45, 7) is 9.65. The number of nitrogens with two attached hydrogens (primary N) is 1. The normalized spacial score (nSPS) is 38.8. The molecule has 2 fully saturated rings. The average Bonchev–Trinajstić information content (AvgIpc) is 2.45. The molecule has 0 aromatic carbocycles. The van der Waals surface area contributed by atoms with Crippen LogP contribution in [0.15, 0.2) is 0 Å². The van der Waals surface area contributed by atoms with Gasteiger partial charge in [-0.1, -0.05) is 6.92 Å². The van der Waals surface area contributed by atoms with Crippen LogP contribution in [0.2, 0.25) is 0 Å². The molecule has 0 saturated carbocycles. The minimum absolute atomic E-state index is 0.156. The number of likely N-dealkylation sites (N-methyl/N-ethyl adjacent to an activating group) is 1. The largest absolute Gasteiger partial charge is 0.379 e. The highest BCUT2D eigenvalue weighted by molar-refractivity contribution is 4.92. The Morgan fingerprint density at radius 1 is 1.31 bits per heavy atom. The molecule has 2 rings (SSSR count). The molecule has 2 aliphatic rings. The first-order valence-electron chi connectivity index (χ1n) is 6.34. The minimum Gasteiger partial charge on any atom is -0.379 e. The van der Waals surface area contributed by atoms with Gasteiger partial charge in [0, 0.05) is 31.1 Å². The second kappa shape index (κ2) is 5.00. The van der Waals surface area contributed by atoms with Crippen molar-refractivity contribution in [3.05, 3.63) is 0 Å². The number of nitrogens with zero attached hydrogens (tertiary/aromatic N) is 2. The van der Waals surface area contributed by atoms with Crippen molar-refractivity contribution in [2.45, 2.75) is 19.4 Å². The molecule has 2 N–H and O–H groups in total. The Kier molecular flexibility index (Phi) is 3.85. The highest BCUT2D eigenvalue weighted by Crippen LogP contribution is 2.28. The van der Waals surface area contributed by atoms with Gasteiger partial charge in [-0.15, -0.1) is 0 Å². The van der Waals surface area contributed by atoms with Gasteiger partial charge in [0.25, 0.3) is 0 Å². The fourth-order valence-corrected chi connectivity index (χ4v) is 2.66. The van der Waals surface area contributed by atoms with E-state index in [1.54, 1.807) is 0 Å². The third-order valence-electron chi connectivity index (χ3n) is 4.02. The van der Waals surface area contributed by atoms with Crippen molar-refractivity contribution in [1.82, 2.24) is 9.80 Å². The number of ether oxygens (including phenoxy) is 1. The van der Waals surface area contributed by atoms with Crippen LogP contribution in [0.1, 0.15) is 13.3 Å². The second-order valence-corrected chi connectivity index (χ2v) is 5.71. The quantitative estimate of drug-likeness (QED) is 0.720. The predicted octanol–water partition coefficient (Wildman–Crippen LogP) is -0.0123. The third-order valence-corrected chi connectivity index (χ3v) is 4.02. The second-order valence-electron chi connectivity index (χ2n) is 5.71. The van der Waals surface area contributed by atoms with Crippen molar-refractivity contribution >= 4 is 0 Å². The van der Waals surface area contributed by atoms with E-state index in [0.29, 0.717) is 0 Å². The molecule has 2 heterocycles. The summed E-state index contributed by atoms with van der Waals surface area (Å²) >= 11 is 0. The zero-order valence-electron chi connectivity index (χ0n) is 10.6. The lowest BCUT2D eigenvalue weighted by atomic mass is 9.85. The van der Waals surface area contributed by atoms with Crippen LogP contribution < -0.4 is 5.73 Å². The standard InChI is InChI=1S/C12H25N3O/c1-12(10-16-8-11(12)13)9-15-5-3-4-14(2)6-7-15/h11H,3-10,13H2,1-2H3. The topological polar surface area (TPSA) is 41.7 Å². The van der Waals surface area contributed by atoms with Crippen molar-refractivity contribution in [3.8, 4) is 0 Å². The molecule has 0 aromatic rings. The number of rotatable bonds is 2. The maximum absolute atomic E-state index is 6.13. The summed E-state index contributed by atoms with van der Waals surface area (Å²) in [5, 5.41) is 0. The molecule has 0 aromatic heterocycles. The molecule has 16 heavy (non-hydrogen) atoms. The van der Waals surface area contributed by atoms with Crippen molar-refractivity contribution < 1.29 is 4.74 Å². The van der Waals surface area contributed by atoms with Gasteiger partial charge in [0.1, 0.15) is 0 Å². The van der Waals surface area contributed by atoms with Gasteiger partial charge in [-0.25, -0.2) is 0 Å². The molecule has 2 aliphatic heterocycles. The Labute approximate surface area is 98.7 Å². The highest BCUT2D eigenvalue weighted by atomic mass is 16.5. The molecular weight excluding hydrogens is 202 g/mol. The Hall–Kier alpha value is -0.160. The van der Waals surface area contributed by atoms with E-state index >= 15 is 0 Å². The fourth-order valence-electron chi connectivity index (χ4n) is 2.66. The summed E-state index contributed by atoms with van der Waals surface area (Å²) in [6, 6.07) is 0.202. The number of hydrogen-bond acceptors (Lipinski definition) is 4. The van der Waals surface area contributed by atoms with E-state index in [2.05, 4.69) is 23.8 Å². The zero-order valence-corrected chi connectivity index (χ0v) is 10.6. The molecular formula is C12H25N3O. The van der Waals surface area contributed by atoms with Crippen LogP contribution in [-0.2, 0) is 4.74 Å². The fraction of sp³-hybridized carbons (Fsp3) is 1.00. The van der Waals surface area contributed by atoms with E-state index in [1.165, 1.54) is 32.6 Å². The van der Waals surface area contributed by atoms with Gasteiger partial charge in [0.15, 0.2) is 0 Å². The van der Waals surface area contributed by atoms with Gasteiger partial charge >= 0.3 is 0 Å². The van der Waals surface area contributed by atoms with Crippen LogP contribution in [0, 0.1) is 5.41 Å². The first kappa shape index (κ1) is 12.3. The molecule has 2 saturated heterocycles. The van der Waals surface area contributed by atoms with Gasteiger partial charge in [-0.2, -0.15) is 0 Å². The Morgan fingerprint density at radius 3 is 2.81 bits per heavy atom. The lowest BCUT2D eigenvalue weighted by Gasteiger charge is -2.33. The van der Waals surface area contributed by atoms with Crippen molar-refractivity contribution in [1.29, 1.82) is 0 Å². The first-order valence-corrected chi connectivity index (χ1v) is 6.34. The molecule has 0 spiro atoms. The van der Waals surface area contributed by atoms with Crippen LogP contribution in [0.5, 0.6) is 0 Å². The molecule has 2 atom stereocenters. The van der Waals surface area contributed by atoms with Crippen molar-refractivity contribution in [3.63, 3.8) is 0 Å². The monoisotopic (exact) mass is 227 g/mol. The van der Waals surface area contributed by atoms with Gasteiger partial charge < -0.3 is 20.3 Å². The Bertz CT molecular complexity index is 236. The molecule has 0 aliphatic carbocycles. The first-order chi connectivity index (χ1) is 7.60. The molecule has 2 unspecified atom stereocenters. The van der Waals surface area contributed by atoms with E-state index in [9.17, 15) is 0 Å². The SMILES string of the molecule is CN1CCCN(CC2(C)COCC2N)CC1. The number of hydrogen-bond donors (Lipinski definition) is 1. The van der Waals surface area contributed by atoms with Gasteiger partial charge in [0.2, 0.25) is 0 Å². The van der Waals surface area contributed by atoms with Gasteiger partial charge in [0.05, 0.1) is 13.2 Å². The smallest absolute Gasteiger partial charge is 0.0624 e. The lowest BCUT2D eigenvalue weighted by Crippen LogP contribution is -2.47. The summed E-state index contributed by atoms with van der Waals surface area (Å²) in [6.07, 6.45) is 1.27. The predicted molar refractivity (Wildman–Crippen MR) is 65.5 cm³/mol. The van der Waals surface area contributed by atoms with E-state index in [0.717, 1.165) is 19.8 Å². The summed E-state index contributed by atoms with van der Waals surface area (Å²) in [5.74, 6) is 0. The average molecular weight is 227 g/mol. The van der Waals surface area contributed by atoms with Crippen molar-refractivity contribution in [2.75, 3.05) is 53.0 Å². The minimum atomic E-state index is 0.156. The maximum atomic E-state index is 6.13. The van der Waals surface area contributed by atoms with Crippen LogP contribution in [0.4, 0.5) is 0 Å². The van der Waals surface area contributed by atoms with Crippen molar-refractivity contribution in [2.24, 2.45) is 11.1 Å². The summed E-state index contributed by atoms with van der Waals surface area (Å²) in [5.41, 5.74) is 6.29. The molecule has 0 bridgehead atoms. The van der Waals surface area contributed by atoms with E-state index in [4.69, 9.17) is 10.5 Å². The molecule has 94 valence electrons. The Morgan fingerprint density at radius 2 is 2.12 bits per heavy atom. The lowest BCUT2D eigenvalue weighted by molar-refractivity contribution is 0.121. The van der Waals surface area contributed by atoms with Crippen LogP contribution in [-0.4, -0.2) is 68.8 Å². The van der Waals surface area contributed by atoms with E-state index in [-0.39, 0.29) is 11.5 Å².